The largest absolute Gasteiger partial charge is 0.366 e. The maximum absolute atomic E-state index is 13.4. The summed E-state index contributed by atoms with van der Waals surface area (Å²) in [5.74, 6) is -1.67. The van der Waals surface area contributed by atoms with Crippen LogP contribution in [0.5, 0.6) is 0 Å². The third kappa shape index (κ3) is 2.96. The highest BCUT2D eigenvalue weighted by Crippen LogP contribution is 2.29. The number of hydrogen-bond donors (Lipinski definition) is 3. The monoisotopic (exact) mass is 279 g/mol. The van der Waals surface area contributed by atoms with Gasteiger partial charge in [-0.1, -0.05) is 6.92 Å². The summed E-state index contributed by atoms with van der Waals surface area (Å²) >= 11 is 0. The fourth-order valence-electron chi connectivity index (χ4n) is 2.28. The number of carbonyl (C=O) groups excluding carboxylic acids is 2. The summed E-state index contributed by atoms with van der Waals surface area (Å²) in [7, 11) is 0. The Labute approximate surface area is 116 Å². The molecule has 1 aromatic rings. The number of carbonyl (C=O) groups is 2. The lowest BCUT2D eigenvalue weighted by Crippen LogP contribution is -2.42. The SMILES string of the molecule is CC1(C(=O)Nc2ccc(F)c(C(N)=O)c2)CCNCC1. The van der Waals surface area contributed by atoms with Crippen LogP contribution >= 0.6 is 0 Å². The molecule has 1 aliphatic heterocycles. The van der Waals surface area contributed by atoms with E-state index in [0.29, 0.717) is 5.69 Å². The van der Waals surface area contributed by atoms with Crippen LogP contribution in [0.4, 0.5) is 10.1 Å². The van der Waals surface area contributed by atoms with Gasteiger partial charge in [0.25, 0.3) is 5.91 Å². The predicted molar refractivity (Wildman–Crippen MR) is 73.8 cm³/mol. The van der Waals surface area contributed by atoms with Crippen molar-refractivity contribution in [2.75, 3.05) is 18.4 Å². The average molecular weight is 279 g/mol. The quantitative estimate of drug-likeness (QED) is 0.778. The van der Waals surface area contributed by atoms with Crippen LogP contribution in [0.3, 0.4) is 0 Å². The number of nitrogens with one attached hydrogen (secondary N) is 2. The lowest BCUT2D eigenvalue weighted by Gasteiger charge is -2.32. The zero-order valence-corrected chi connectivity index (χ0v) is 11.3. The van der Waals surface area contributed by atoms with Crippen LogP contribution in [0, 0.1) is 11.2 Å². The minimum absolute atomic E-state index is 0.124. The van der Waals surface area contributed by atoms with E-state index in [4.69, 9.17) is 5.73 Å². The highest BCUT2D eigenvalue weighted by molar-refractivity contribution is 5.98. The molecule has 0 unspecified atom stereocenters. The lowest BCUT2D eigenvalue weighted by atomic mass is 9.80. The van der Waals surface area contributed by atoms with Crippen LogP contribution in [-0.4, -0.2) is 24.9 Å². The molecule has 1 saturated heterocycles. The van der Waals surface area contributed by atoms with Crippen molar-refractivity contribution in [3.8, 4) is 0 Å². The van der Waals surface area contributed by atoms with E-state index in [1.165, 1.54) is 12.1 Å². The minimum Gasteiger partial charge on any atom is -0.366 e. The van der Waals surface area contributed by atoms with Gasteiger partial charge in [0.05, 0.1) is 5.56 Å². The molecule has 1 fully saturated rings. The smallest absolute Gasteiger partial charge is 0.251 e. The summed E-state index contributed by atoms with van der Waals surface area (Å²) < 4.78 is 13.4. The van der Waals surface area contributed by atoms with E-state index < -0.39 is 17.1 Å². The molecule has 0 aromatic heterocycles. The summed E-state index contributed by atoms with van der Waals surface area (Å²) in [6.45, 7) is 3.49. The van der Waals surface area contributed by atoms with E-state index in [1.54, 1.807) is 0 Å². The Morgan fingerprint density at radius 2 is 2.00 bits per heavy atom. The number of amides is 2. The second-order valence-corrected chi connectivity index (χ2v) is 5.32. The van der Waals surface area contributed by atoms with E-state index >= 15 is 0 Å². The van der Waals surface area contributed by atoms with E-state index in [-0.39, 0.29) is 11.5 Å². The third-order valence-electron chi connectivity index (χ3n) is 3.74. The van der Waals surface area contributed by atoms with E-state index in [2.05, 4.69) is 10.6 Å². The van der Waals surface area contributed by atoms with Crippen molar-refractivity contribution in [2.24, 2.45) is 11.1 Å². The molecule has 1 aliphatic rings. The van der Waals surface area contributed by atoms with Crippen LogP contribution in [0.15, 0.2) is 18.2 Å². The van der Waals surface area contributed by atoms with Crippen molar-refractivity contribution in [1.29, 1.82) is 0 Å². The molecular formula is C14H18FN3O2. The number of anilines is 1. The Bertz CT molecular complexity index is 539. The molecule has 0 bridgehead atoms. The Hall–Kier alpha value is -1.95. The van der Waals surface area contributed by atoms with Crippen LogP contribution < -0.4 is 16.4 Å². The number of piperidine rings is 1. The summed E-state index contributed by atoms with van der Waals surface area (Å²) in [6, 6.07) is 3.81. The molecule has 6 heteroatoms. The standard InChI is InChI=1S/C14H18FN3O2/c1-14(4-6-17-7-5-14)13(20)18-9-2-3-11(15)10(8-9)12(16)19/h2-3,8,17H,4-7H2,1H3,(H2,16,19)(H,18,20). The van der Waals surface area contributed by atoms with E-state index in [0.717, 1.165) is 32.0 Å². The third-order valence-corrected chi connectivity index (χ3v) is 3.74. The fourth-order valence-corrected chi connectivity index (χ4v) is 2.28. The zero-order valence-electron chi connectivity index (χ0n) is 11.3. The van der Waals surface area contributed by atoms with E-state index in [9.17, 15) is 14.0 Å². The van der Waals surface area contributed by atoms with Gasteiger partial charge in [0.2, 0.25) is 5.91 Å². The second kappa shape index (κ2) is 5.58. The second-order valence-electron chi connectivity index (χ2n) is 5.32. The van der Waals surface area contributed by atoms with Crippen LogP contribution in [0.1, 0.15) is 30.1 Å². The first-order valence-electron chi connectivity index (χ1n) is 6.54. The highest BCUT2D eigenvalue weighted by Gasteiger charge is 2.34. The van der Waals surface area contributed by atoms with Crippen molar-refractivity contribution in [1.82, 2.24) is 5.32 Å². The van der Waals surface area contributed by atoms with Crippen LogP contribution in [0.25, 0.3) is 0 Å². The van der Waals surface area contributed by atoms with Crippen molar-refractivity contribution >= 4 is 17.5 Å². The molecule has 1 aromatic carbocycles. The lowest BCUT2D eigenvalue weighted by molar-refractivity contribution is -0.126. The number of rotatable bonds is 3. The first-order valence-corrected chi connectivity index (χ1v) is 6.54. The molecule has 20 heavy (non-hydrogen) atoms. The van der Waals surface area contributed by atoms with Gasteiger partial charge in [-0.2, -0.15) is 0 Å². The average Bonchev–Trinajstić information content (AvgIpc) is 2.41. The van der Waals surface area contributed by atoms with Gasteiger partial charge in [0, 0.05) is 11.1 Å². The summed E-state index contributed by atoms with van der Waals surface area (Å²) in [4.78, 5) is 23.4. The van der Waals surface area contributed by atoms with Gasteiger partial charge in [0.15, 0.2) is 0 Å². The number of benzene rings is 1. The summed E-state index contributed by atoms with van der Waals surface area (Å²) in [5.41, 5.74) is 4.79. The highest BCUT2D eigenvalue weighted by atomic mass is 19.1. The fraction of sp³-hybridized carbons (Fsp3) is 0.429. The predicted octanol–water partition coefficient (Wildman–Crippen LogP) is 1.25. The van der Waals surface area contributed by atoms with Gasteiger partial charge in [-0.15, -0.1) is 0 Å². The zero-order chi connectivity index (χ0) is 14.8. The van der Waals surface area contributed by atoms with Crippen LogP contribution in [-0.2, 0) is 4.79 Å². The topological polar surface area (TPSA) is 84.2 Å². The van der Waals surface area contributed by atoms with Crippen molar-refractivity contribution < 1.29 is 14.0 Å². The van der Waals surface area contributed by atoms with Crippen molar-refractivity contribution in [3.05, 3.63) is 29.6 Å². The molecular weight excluding hydrogens is 261 g/mol. The molecule has 108 valence electrons. The molecule has 2 rings (SSSR count). The number of halogens is 1. The minimum atomic E-state index is -0.855. The van der Waals surface area contributed by atoms with Crippen molar-refractivity contribution in [2.45, 2.75) is 19.8 Å². The summed E-state index contributed by atoms with van der Waals surface area (Å²) in [6.07, 6.45) is 1.48. The van der Waals surface area contributed by atoms with Gasteiger partial charge in [0.1, 0.15) is 5.82 Å². The van der Waals surface area contributed by atoms with Gasteiger partial charge in [-0.05, 0) is 44.1 Å². The van der Waals surface area contributed by atoms with Crippen molar-refractivity contribution in [3.63, 3.8) is 0 Å². The Morgan fingerprint density at radius 1 is 1.35 bits per heavy atom. The first-order chi connectivity index (χ1) is 9.42. The van der Waals surface area contributed by atoms with Gasteiger partial charge < -0.3 is 16.4 Å². The van der Waals surface area contributed by atoms with Gasteiger partial charge in [-0.3, -0.25) is 9.59 Å². The maximum Gasteiger partial charge on any atom is 0.251 e. The Kier molecular flexibility index (Phi) is 4.04. The normalized spacial score (nSPS) is 17.5. The summed E-state index contributed by atoms with van der Waals surface area (Å²) in [5, 5.41) is 5.93. The molecule has 1 heterocycles. The molecule has 4 N–H and O–H groups in total. The Morgan fingerprint density at radius 3 is 2.60 bits per heavy atom. The molecule has 0 radical (unpaired) electrons. The van der Waals surface area contributed by atoms with Gasteiger partial charge in [-0.25, -0.2) is 4.39 Å². The Balaban J connectivity index is 2.15. The molecule has 0 aliphatic carbocycles. The number of primary amides is 1. The molecule has 5 nitrogen and oxygen atoms in total. The molecule has 2 amide bonds. The number of nitrogens with two attached hydrogens (primary N) is 1. The molecule has 0 spiro atoms. The van der Waals surface area contributed by atoms with Crippen LogP contribution in [0.2, 0.25) is 0 Å². The van der Waals surface area contributed by atoms with E-state index in [1.807, 2.05) is 6.92 Å². The van der Waals surface area contributed by atoms with Gasteiger partial charge >= 0.3 is 0 Å². The first kappa shape index (κ1) is 14.5. The number of hydrogen-bond acceptors (Lipinski definition) is 3. The maximum atomic E-state index is 13.4. The molecule has 0 saturated carbocycles. The molecule has 0 atom stereocenters.